The van der Waals surface area contributed by atoms with Crippen molar-refractivity contribution in [1.29, 1.82) is 5.26 Å². The maximum absolute atomic E-state index is 13.9. The highest BCUT2D eigenvalue weighted by Crippen LogP contribution is 2.27. The van der Waals surface area contributed by atoms with E-state index in [1.165, 1.54) is 12.1 Å². The zero-order valence-electron chi connectivity index (χ0n) is 11.3. The third-order valence-electron chi connectivity index (χ3n) is 2.71. The van der Waals surface area contributed by atoms with E-state index in [0.29, 0.717) is 12.3 Å². The quantitative estimate of drug-likeness (QED) is 0.867. The van der Waals surface area contributed by atoms with Gasteiger partial charge >= 0.3 is 0 Å². The number of anilines is 1. The molecule has 0 saturated carbocycles. The Labute approximate surface area is 121 Å². The number of aliphatic hydroxyl groups is 1. The highest BCUT2D eigenvalue weighted by molar-refractivity contribution is 9.10. The Hall–Kier alpha value is -1.12. The second kappa shape index (κ2) is 6.36. The van der Waals surface area contributed by atoms with E-state index >= 15 is 0 Å². The summed E-state index contributed by atoms with van der Waals surface area (Å²) in [6.45, 7) is 6.01. The van der Waals surface area contributed by atoms with Gasteiger partial charge in [-0.3, -0.25) is 0 Å². The monoisotopic (exact) mass is 328 g/mol. The molecular weight excluding hydrogens is 311 g/mol. The minimum absolute atomic E-state index is 0.142. The van der Waals surface area contributed by atoms with Crippen LogP contribution in [0.3, 0.4) is 0 Å². The van der Waals surface area contributed by atoms with Gasteiger partial charge in [-0.25, -0.2) is 4.39 Å². The lowest BCUT2D eigenvalue weighted by Crippen LogP contribution is -2.35. The van der Waals surface area contributed by atoms with Crippen molar-refractivity contribution in [3.63, 3.8) is 0 Å². The third kappa shape index (κ3) is 4.48. The molecule has 0 aliphatic rings. The summed E-state index contributed by atoms with van der Waals surface area (Å²) in [7, 11) is 0. The van der Waals surface area contributed by atoms with Crippen molar-refractivity contribution < 1.29 is 9.50 Å². The lowest BCUT2D eigenvalue weighted by Gasteiger charge is -2.26. The first-order chi connectivity index (χ1) is 8.76. The van der Waals surface area contributed by atoms with E-state index < -0.39 is 11.4 Å². The molecule has 0 bridgehead atoms. The Balaban J connectivity index is 2.80. The zero-order valence-corrected chi connectivity index (χ0v) is 12.9. The van der Waals surface area contributed by atoms with Gasteiger partial charge in [0, 0.05) is 6.54 Å². The van der Waals surface area contributed by atoms with Gasteiger partial charge in [0.15, 0.2) is 5.82 Å². The normalized spacial score (nSPS) is 14.0. The number of benzene rings is 1. The molecule has 0 amide bonds. The van der Waals surface area contributed by atoms with E-state index in [2.05, 4.69) is 21.2 Å². The van der Waals surface area contributed by atoms with Gasteiger partial charge in [-0.05, 0) is 47.3 Å². The molecule has 1 unspecified atom stereocenters. The number of nitriles is 1. The second-order valence-corrected chi connectivity index (χ2v) is 6.14. The molecule has 5 heteroatoms. The molecule has 1 aromatic carbocycles. The summed E-state index contributed by atoms with van der Waals surface area (Å²) < 4.78 is 14.1. The number of nitrogens with zero attached hydrogens (tertiary/aromatic N) is 1. The Kier molecular flexibility index (Phi) is 5.33. The van der Waals surface area contributed by atoms with Crippen LogP contribution in [0.15, 0.2) is 16.6 Å². The Morgan fingerprint density at radius 1 is 1.53 bits per heavy atom. The lowest BCUT2D eigenvalue weighted by atomic mass is 9.94. The predicted molar refractivity (Wildman–Crippen MR) is 77.4 cm³/mol. The highest BCUT2D eigenvalue weighted by Gasteiger charge is 2.22. The van der Waals surface area contributed by atoms with Crippen molar-refractivity contribution in [1.82, 2.24) is 0 Å². The smallest absolute Gasteiger partial charge is 0.161 e. The fourth-order valence-electron chi connectivity index (χ4n) is 2.01. The van der Waals surface area contributed by atoms with Gasteiger partial charge in [-0.2, -0.15) is 5.26 Å². The number of nitrogens with one attached hydrogen (secondary N) is 1. The predicted octanol–water partition coefficient (Wildman–Crippen LogP) is 3.67. The maximum Gasteiger partial charge on any atom is 0.161 e. The van der Waals surface area contributed by atoms with Gasteiger partial charge in [0.25, 0.3) is 0 Å². The molecule has 0 spiro atoms. The van der Waals surface area contributed by atoms with Gasteiger partial charge in [0.1, 0.15) is 6.07 Å². The fraction of sp³-hybridized carbons (Fsp3) is 0.500. The molecule has 0 fully saturated rings. The molecule has 1 aromatic rings. The molecule has 2 N–H and O–H groups in total. The minimum Gasteiger partial charge on any atom is -0.388 e. The van der Waals surface area contributed by atoms with Crippen LogP contribution in [0.25, 0.3) is 0 Å². The van der Waals surface area contributed by atoms with Crippen LogP contribution in [-0.4, -0.2) is 17.3 Å². The van der Waals surface area contributed by atoms with Gasteiger partial charge in [0.2, 0.25) is 0 Å². The molecule has 19 heavy (non-hydrogen) atoms. The summed E-state index contributed by atoms with van der Waals surface area (Å²) in [4.78, 5) is 0. The molecule has 0 radical (unpaired) electrons. The van der Waals surface area contributed by atoms with Crippen LogP contribution < -0.4 is 5.32 Å². The van der Waals surface area contributed by atoms with E-state index in [9.17, 15) is 9.50 Å². The molecule has 0 aliphatic heterocycles. The standard InChI is InChI=1S/C14H18BrFN2O/c1-9(2)6-14(3,19)8-18-11-5-4-10(7-17)12(15)13(11)16/h4-5,9,18-19H,6,8H2,1-3H3. The van der Waals surface area contributed by atoms with Gasteiger partial charge in [0.05, 0.1) is 21.3 Å². The van der Waals surface area contributed by atoms with E-state index in [1.807, 2.05) is 19.9 Å². The maximum atomic E-state index is 13.9. The summed E-state index contributed by atoms with van der Waals surface area (Å²) in [6.07, 6.45) is 0.624. The highest BCUT2D eigenvalue weighted by atomic mass is 79.9. The van der Waals surface area contributed by atoms with Crippen molar-refractivity contribution in [3.8, 4) is 6.07 Å². The summed E-state index contributed by atoms with van der Waals surface area (Å²) in [5.74, 6) is -0.159. The molecule has 0 saturated heterocycles. The molecular formula is C14H18BrFN2O. The SMILES string of the molecule is CC(C)CC(C)(O)CNc1ccc(C#N)c(Br)c1F. The summed E-state index contributed by atoms with van der Waals surface area (Å²) in [5.41, 5.74) is -0.382. The van der Waals surface area contributed by atoms with Crippen molar-refractivity contribution in [2.75, 3.05) is 11.9 Å². The van der Waals surface area contributed by atoms with Crippen LogP contribution in [0.4, 0.5) is 10.1 Å². The first kappa shape index (κ1) is 15.9. The summed E-state index contributed by atoms with van der Waals surface area (Å²) >= 11 is 3.05. The number of hydrogen-bond acceptors (Lipinski definition) is 3. The van der Waals surface area contributed by atoms with Crippen LogP contribution in [0.2, 0.25) is 0 Å². The molecule has 1 atom stereocenters. The largest absolute Gasteiger partial charge is 0.388 e. The van der Waals surface area contributed by atoms with Gasteiger partial charge in [-0.15, -0.1) is 0 Å². The van der Waals surface area contributed by atoms with Crippen LogP contribution in [-0.2, 0) is 0 Å². The lowest BCUT2D eigenvalue weighted by molar-refractivity contribution is 0.0515. The van der Waals surface area contributed by atoms with Crippen molar-refractivity contribution >= 4 is 21.6 Å². The van der Waals surface area contributed by atoms with Crippen LogP contribution >= 0.6 is 15.9 Å². The van der Waals surface area contributed by atoms with E-state index in [1.54, 1.807) is 6.92 Å². The minimum atomic E-state index is -0.902. The van der Waals surface area contributed by atoms with E-state index in [4.69, 9.17) is 5.26 Å². The zero-order chi connectivity index (χ0) is 14.6. The number of hydrogen-bond donors (Lipinski definition) is 2. The molecule has 3 nitrogen and oxygen atoms in total. The molecule has 1 rings (SSSR count). The average molecular weight is 329 g/mol. The van der Waals surface area contributed by atoms with Crippen LogP contribution in [0.1, 0.15) is 32.8 Å². The average Bonchev–Trinajstić information content (AvgIpc) is 2.29. The van der Waals surface area contributed by atoms with Gasteiger partial charge in [-0.1, -0.05) is 13.8 Å². The van der Waals surface area contributed by atoms with Crippen molar-refractivity contribution in [2.24, 2.45) is 5.92 Å². The van der Waals surface area contributed by atoms with Crippen molar-refractivity contribution in [2.45, 2.75) is 32.8 Å². The molecule has 0 aromatic heterocycles. The van der Waals surface area contributed by atoms with Crippen molar-refractivity contribution in [3.05, 3.63) is 28.0 Å². The Bertz CT molecular complexity index is 495. The number of rotatable bonds is 5. The summed E-state index contributed by atoms with van der Waals surface area (Å²) in [5, 5.41) is 21.8. The molecule has 0 heterocycles. The molecule has 104 valence electrons. The Morgan fingerprint density at radius 3 is 2.68 bits per heavy atom. The fourth-order valence-corrected chi connectivity index (χ4v) is 2.44. The first-order valence-electron chi connectivity index (χ1n) is 6.11. The Morgan fingerprint density at radius 2 is 2.16 bits per heavy atom. The second-order valence-electron chi connectivity index (χ2n) is 5.35. The third-order valence-corrected chi connectivity index (χ3v) is 3.49. The van der Waals surface area contributed by atoms with E-state index in [0.717, 1.165) is 0 Å². The molecule has 0 aliphatic carbocycles. The van der Waals surface area contributed by atoms with Crippen LogP contribution in [0.5, 0.6) is 0 Å². The topological polar surface area (TPSA) is 56.0 Å². The van der Waals surface area contributed by atoms with Crippen LogP contribution in [0, 0.1) is 23.1 Å². The number of halogens is 2. The van der Waals surface area contributed by atoms with E-state index in [-0.39, 0.29) is 22.3 Å². The summed E-state index contributed by atoms with van der Waals surface area (Å²) in [6, 6.07) is 4.94. The first-order valence-corrected chi connectivity index (χ1v) is 6.90. The van der Waals surface area contributed by atoms with Gasteiger partial charge < -0.3 is 10.4 Å².